The number of piperidine rings is 3. The maximum atomic E-state index is 12.8. The number of nitrogens with one attached hydrogen (secondary N) is 1. The van der Waals surface area contributed by atoms with Gasteiger partial charge in [0.2, 0.25) is 0 Å². The molecule has 0 spiro atoms. The lowest BCUT2D eigenvalue weighted by molar-refractivity contribution is -0.0418. The van der Waals surface area contributed by atoms with Crippen LogP contribution in [0, 0.1) is 17.8 Å². The summed E-state index contributed by atoms with van der Waals surface area (Å²) in [6.45, 7) is 3.65. The summed E-state index contributed by atoms with van der Waals surface area (Å²) < 4.78 is 0. The highest BCUT2D eigenvalue weighted by Crippen LogP contribution is 2.43. The van der Waals surface area contributed by atoms with Crippen LogP contribution in [0.1, 0.15) is 22.5 Å². The minimum absolute atomic E-state index is 0.120. The summed E-state index contributed by atoms with van der Waals surface area (Å²) in [5.74, 6) is 2.32. The van der Waals surface area contributed by atoms with E-state index < -0.39 is 0 Å². The van der Waals surface area contributed by atoms with Crippen molar-refractivity contribution in [2.75, 3.05) is 19.6 Å². The van der Waals surface area contributed by atoms with Gasteiger partial charge in [0.1, 0.15) is 0 Å². The number of nitrogens with zero attached hydrogens (tertiary/aromatic N) is 1. The first kappa shape index (κ1) is 14.7. The molecule has 1 aromatic carbocycles. The zero-order chi connectivity index (χ0) is 16.1. The Balaban J connectivity index is 1.32. The first-order chi connectivity index (χ1) is 11.8. The Bertz CT molecular complexity index is 726. The van der Waals surface area contributed by atoms with Crippen LogP contribution in [0.2, 0.25) is 0 Å². The Labute approximate surface area is 146 Å². The van der Waals surface area contributed by atoms with E-state index in [2.05, 4.69) is 27.7 Å². The molecule has 4 heteroatoms. The molecule has 3 nitrogen and oxygen atoms in total. The summed E-state index contributed by atoms with van der Waals surface area (Å²) in [5, 5.41) is 5.48. The average molecular weight is 338 g/mol. The minimum atomic E-state index is 0.120. The second-order valence-electron chi connectivity index (χ2n) is 7.64. The second-order valence-corrected chi connectivity index (χ2v) is 8.55. The van der Waals surface area contributed by atoms with Crippen LogP contribution in [0.4, 0.5) is 0 Å². The van der Waals surface area contributed by atoms with Crippen molar-refractivity contribution < 1.29 is 4.79 Å². The molecule has 3 aliphatic heterocycles. The van der Waals surface area contributed by atoms with E-state index in [4.69, 9.17) is 0 Å². The van der Waals surface area contributed by atoms with E-state index in [1.165, 1.54) is 38.0 Å². The molecule has 2 atom stereocenters. The fourth-order valence-electron chi connectivity index (χ4n) is 5.10. The molecule has 124 valence electrons. The highest BCUT2D eigenvalue weighted by molar-refractivity contribution is 7.12. The molecule has 4 fully saturated rings. The number of carbonyl (C=O) groups excluding carboxylic acids is 1. The van der Waals surface area contributed by atoms with Crippen LogP contribution in [-0.4, -0.2) is 36.5 Å². The van der Waals surface area contributed by atoms with Crippen molar-refractivity contribution in [1.29, 1.82) is 0 Å². The largest absolute Gasteiger partial charge is 0.348 e. The monoisotopic (exact) mass is 338 g/mol. The van der Waals surface area contributed by atoms with Gasteiger partial charge in [-0.3, -0.25) is 4.79 Å². The lowest BCUT2D eigenvalue weighted by atomic mass is 9.65. The Morgan fingerprint density at radius 2 is 1.79 bits per heavy atom. The SMILES string of the molecule is O=C(NC1[C@H]2CC3C[C@H]1CN(C3)C2)c1cc(-c2ccccc2)cs1. The second kappa shape index (κ2) is 5.71. The van der Waals surface area contributed by atoms with E-state index >= 15 is 0 Å². The van der Waals surface area contributed by atoms with E-state index in [0.29, 0.717) is 17.9 Å². The zero-order valence-corrected chi connectivity index (χ0v) is 14.5. The molecule has 24 heavy (non-hydrogen) atoms. The number of amides is 1. The molecule has 3 saturated heterocycles. The predicted octanol–water partition coefficient (Wildman–Crippen LogP) is 3.49. The van der Waals surface area contributed by atoms with Crippen molar-refractivity contribution in [3.8, 4) is 11.1 Å². The van der Waals surface area contributed by atoms with Crippen molar-refractivity contribution in [1.82, 2.24) is 10.2 Å². The van der Waals surface area contributed by atoms with Crippen molar-refractivity contribution in [2.24, 2.45) is 17.8 Å². The lowest BCUT2D eigenvalue weighted by Crippen LogP contribution is -2.64. The van der Waals surface area contributed by atoms with Gasteiger partial charge in [-0.1, -0.05) is 30.3 Å². The van der Waals surface area contributed by atoms with Crippen LogP contribution < -0.4 is 5.32 Å². The van der Waals surface area contributed by atoms with E-state index in [9.17, 15) is 4.79 Å². The normalized spacial score (nSPS) is 33.6. The molecule has 2 aromatic rings. The molecule has 0 radical (unpaired) electrons. The van der Waals surface area contributed by atoms with Crippen molar-refractivity contribution in [2.45, 2.75) is 18.9 Å². The summed E-state index contributed by atoms with van der Waals surface area (Å²) in [5.41, 5.74) is 2.32. The molecule has 6 rings (SSSR count). The first-order valence-corrected chi connectivity index (χ1v) is 9.81. The van der Waals surface area contributed by atoms with Gasteiger partial charge < -0.3 is 10.2 Å². The molecule has 4 bridgehead atoms. The standard InChI is InChI=1S/C20H22N2OS/c23-20(18-8-17(12-24-18)14-4-2-1-3-5-14)21-19-15-6-13-7-16(19)11-22(9-13)10-15/h1-5,8,12-13,15-16,19H,6-7,9-11H2,(H,21,23)/t13?,15-,16-,19?/m0/s1. The van der Waals surface area contributed by atoms with Gasteiger partial charge in [0.25, 0.3) is 5.91 Å². The Morgan fingerprint density at radius 1 is 1.04 bits per heavy atom. The number of benzene rings is 1. The molecule has 0 unspecified atom stereocenters. The number of carbonyl (C=O) groups is 1. The smallest absolute Gasteiger partial charge is 0.261 e. The molecule has 1 amide bonds. The van der Waals surface area contributed by atoms with Gasteiger partial charge in [-0.2, -0.15) is 0 Å². The van der Waals surface area contributed by atoms with E-state index in [-0.39, 0.29) is 5.91 Å². The van der Waals surface area contributed by atoms with Crippen LogP contribution in [0.3, 0.4) is 0 Å². The van der Waals surface area contributed by atoms with Crippen LogP contribution in [-0.2, 0) is 0 Å². The summed E-state index contributed by atoms with van der Waals surface area (Å²) in [6.07, 6.45) is 2.61. The fraction of sp³-hybridized carbons (Fsp3) is 0.450. The number of hydrogen-bond acceptors (Lipinski definition) is 3. The van der Waals surface area contributed by atoms with Crippen molar-refractivity contribution >= 4 is 17.2 Å². The van der Waals surface area contributed by atoms with Gasteiger partial charge in [0, 0.05) is 25.7 Å². The third-order valence-corrected chi connectivity index (χ3v) is 6.95. The van der Waals surface area contributed by atoms with Crippen molar-refractivity contribution in [3.05, 3.63) is 46.7 Å². The molecule has 1 aliphatic carbocycles. The van der Waals surface area contributed by atoms with Gasteiger partial charge in [-0.25, -0.2) is 0 Å². The molecule has 1 saturated carbocycles. The van der Waals surface area contributed by atoms with Crippen LogP contribution >= 0.6 is 11.3 Å². The Hall–Kier alpha value is -1.65. The molecule has 4 heterocycles. The fourth-order valence-corrected chi connectivity index (χ4v) is 5.92. The predicted molar refractivity (Wildman–Crippen MR) is 97.2 cm³/mol. The molecule has 4 aliphatic rings. The van der Waals surface area contributed by atoms with Crippen LogP contribution in [0.15, 0.2) is 41.8 Å². The van der Waals surface area contributed by atoms with Gasteiger partial charge in [-0.05, 0) is 53.2 Å². The van der Waals surface area contributed by atoms with E-state index in [0.717, 1.165) is 16.4 Å². The third-order valence-electron chi connectivity index (χ3n) is 6.02. The molecule has 1 aromatic heterocycles. The molecular weight excluding hydrogens is 316 g/mol. The maximum absolute atomic E-state index is 12.8. The lowest BCUT2D eigenvalue weighted by Gasteiger charge is -2.55. The van der Waals surface area contributed by atoms with Crippen molar-refractivity contribution in [3.63, 3.8) is 0 Å². The Kier molecular flexibility index (Phi) is 3.49. The molecular formula is C20H22N2OS. The molecule has 1 N–H and O–H groups in total. The first-order valence-electron chi connectivity index (χ1n) is 8.93. The van der Waals surface area contributed by atoms with Gasteiger partial charge in [0.15, 0.2) is 0 Å². The Morgan fingerprint density at radius 3 is 2.50 bits per heavy atom. The number of hydrogen-bond donors (Lipinski definition) is 1. The summed E-state index contributed by atoms with van der Waals surface area (Å²) in [7, 11) is 0. The quantitative estimate of drug-likeness (QED) is 0.929. The van der Waals surface area contributed by atoms with Crippen LogP contribution in [0.5, 0.6) is 0 Å². The average Bonchev–Trinajstić information content (AvgIpc) is 3.08. The highest BCUT2D eigenvalue weighted by atomic mass is 32.1. The third kappa shape index (κ3) is 2.49. The topological polar surface area (TPSA) is 32.3 Å². The van der Waals surface area contributed by atoms with Gasteiger partial charge in [0.05, 0.1) is 4.88 Å². The van der Waals surface area contributed by atoms with Gasteiger partial charge in [-0.15, -0.1) is 11.3 Å². The van der Waals surface area contributed by atoms with E-state index in [1.54, 1.807) is 11.3 Å². The number of thiophene rings is 1. The summed E-state index contributed by atoms with van der Waals surface area (Å²) in [4.78, 5) is 16.2. The van der Waals surface area contributed by atoms with Crippen LogP contribution in [0.25, 0.3) is 11.1 Å². The zero-order valence-electron chi connectivity index (χ0n) is 13.7. The maximum Gasteiger partial charge on any atom is 0.261 e. The summed E-state index contributed by atoms with van der Waals surface area (Å²) in [6, 6.07) is 12.7. The minimum Gasteiger partial charge on any atom is -0.348 e. The summed E-state index contributed by atoms with van der Waals surface area (Å²) >= 11 is 1.56. The van der Waals surface area contributed by atoms with E-state index in [1.807, 2.05) is 24.3 Å². The number of rotatable bonds is 3. The highest BCUT2D eigenvalue weighted by Gasteiger charge is 2.47. The van der Waals surface area contributed by atoms with Gasteiger partial charge >= 0.3 is 0 Å².